The Hall–Kier alpha value is -2.28. The van der Waals surface area contributed by atoms with E-state index in [1.165, 1.54) is 18.3 Å². The first-order valence-electron chi connectivity index (χ1n) is 6.92. The fourth-order valence-corrected chi connectivity index (χ4v) is 2.04. The van der Waals surface area contributed by atoms with Crippen molar-refractivity contribution in [2.24, 2.45) is 0 Å². The first-order chi connectivity index (χ1) is 10.8. The van der Waals surface area contributed by atoms with Crippen LogP contribution in [0.5, 0.6) is 0 Å². The SMILES string of the molecule is CC(NC(=O)Cc1ccc(N)cn1)c1ccc(C(F)(F)F)cc1.Cl. The second-order valence-electron chi connectivity index (χ2n) is 5.17. The number of hydrogen-bond acceptors (Lipinski definition) is 3. The van der Waals surface area contributed by atoms with Crippen molar-refractivity contribution >= 4 is 24.0 Å². The summed E-state index contributed by atoms with van der Waals surface area (Å²) in [6.45, 7) is 1.71. The zero-order chi connectivity index (χ0) is 17.0. The summed E-state index contributed by atoms with van der Waals surface area (Å²) in [7, 11) is 0. The number of aromatic nitrogens is 1. The zero-order valence-electron chi connectivity index (χ0n) is 12.8. The van der Waals surface area contributed by atoms with Crippen LogP contribution in [0, 0.1) is 0 Å². The number of hydrogen-bond donors (Lipinski definition) is 2. The molecule has 0 aliphatic rings. The Balaban J connectivity index is 0.00000288. The second-order valence-corrected chi connectivity index (χ2v) is 5.17. The van der Waals surface area contributed by atoms with Crippen molar-refractivity contribution in [2.75, 3.05) is 5.73 Å². The fourth-order valence-electron chi connectivity index (χ4n) is 2.04. The quantitative estimate of drug-likeness (QED) is 0.877. The lowest BCUT2D eigenvalue weighted by atomic mass is 10.1. The molecule has 4 nitrogen and oxygen atoms in total. The summed E-state index contributed by atoms with van der Waals surface area (Å²) in [5.41, 5.74) is 6.46. The number of alkyl halides is 3. The monoisotopic (exact) mass is 359 g/mol. The Morgan fingerprint density at radius 3 is 2.33 bits per heavy atom. The number of pyridine rings is 1. The Bertz CT molecular complexity index is 672. The van der Waals surface area contributed by atoms with Crippen LogP contribution in [0.25, 0.3) is 0 Å². The van der Waals surface area contributed by atoms with E-state index in [1.807, 2.05) is 0 Å². The molecular formula is C16H17ClF3N3O. The van der Waals surface area contributed by atoms with E-state index in [0.29, 0.717) is 16.9 Å². The lowest BCUT2D eigenvalue weighted by molar-refractivity contribution is -0.137. The largest absolute Gasteiger partial charge is 0.416 e. The number of benzene rings is 1. The molecular weight excluding hydrogens is 343 g/mol. The molecule has 1 heterocycles. The maximum atomic E-state index is 12.5. The van der Waals surface area contributed by atoms with Crippen LogP contribution in [-0.4, -0.2) is 10.9 Å². The van der Waals surface area contributed by atoms with Crippen molar-refractivity contribution in [1.82, 2.24) is 10.3 Å². The summed E-state index contributed by atoms with van der Waals surface area (Å²) in [5.74, 6) is -0.269. The molecule has 0 bridgehead atoms. The number of carbonyl (C=O) groups is 1. The van der Waals surface area contributed by atoms with Crippen LogP contribution in [0.3, 0.4) is 0 Å². The summed E-state index contributed by atoms with van der Waals surface area (Å²) in [4.78, 5) is 16.0. The maximum Gasteiger partial charge on any atom is 0.416 e. The molecule has 0 fully saturated rings. The van der Waals surface area contributed by atoms with Crippen LogP contribution in [0.1, 0.15) is 29.8 Å². The molecule has 0 saturated carbocycles. The molecule has 0 aliphatic heterocycles. The number of anilines is 1. The Kier molecular flexibility index (Phi) is 6.60. The standard InChI is InChI=1S/C16H16F3N3O.ClH/c1-10(11-2-4-12(5-3-11)16(17,18)19)22-15(23)8-14-7-6-13(20)9-21-14;/h2-7,9-10H,8,20H2,1H3,(H,22,23);1H. The lowest BCUT2D eigenvalue weighted by Crippen LogP contribution is -2.28. The molecule has 1 aromatic carbocycles. The number of nitrogens with zero attached hydrogens (tertiary/aromatic N) is 1. The van der Waals surface area contributed by atoms with Crippen LogP contribution in [0.2, 0.25) is 0 Å². The molecule has 1 unspecified atom stereocenters. The van der Waals surface area contributed by atoms with E-state index >= 15 is 0 Å². The molecule has 2 aromatic rings. The van der Waals surface area contributed by atoms with E-state index in [-0.39, 0.29) is 24.7 Å². The van der Waals surface area contributed by atoms with E-state index in [1.54, 1.807) is 19.1 Å². The van der Waals surface area contributed by atoms with Gasteiger partial charge in [-0.1, -0.05) is 12.1 Å². The van der Waals surface area contributed by atoms with Gasteiger partial charge in [-0.05, 0) is 36.8 Å². The molecule has 0 saturated heterocycles. The average molecular weight is 360 g/mol. The minimum absolute atomic E-state index is 0. The molecule has 130 valence electrons. The van der Waals surface area contributed by atoms with Crippen LogP contribution >= 0.6 is 12.4 Å². The first kappa shape index (κ1) is 19.8. The molecule has 24 heavy (non-hydrogen) atoms. The van der Waals surface area contributed by atoms with Crippen LogP contribution in [-0.2, 0) is 17.4 Å². The summed E-state index contributed by atoms with van der Waals surface area (Å²) in [6, 6.07) is 7.61. The highest BCUT2D eigenvalue weighted by molar-refractivity contribution is 5.85. The van der Waals surface area contributed by atoms with Crippen molar-refractivity contribution in [2.45, 2.75) is 25.6 Å². The number of amides is 1. The number of nitrogens with one attached hydrogen (secondary N) is 1. The first-order valence-corrected chi connectivity index (χ1v) is 6.92. The van der Waals surface area contributed by atoms with Crippen molar-refractivity contribution in [3.05, 3.63) is 59.4 Å². The normalized spacial score (nSPS) is 12.2. The number of halogens is 4. The highest BCUT2D eigenvalue weighted by Crippen LogP contribution is 2.29. The van der Waals surface area contributed by atoms with Crippen molar-refractivity contribution < 1.29 is 18.0 Å². The van der Waals surface area contributed by atoms with E-state index < -0.39 is 17.8 Å². The average Bonchev–Trinajstić information content (AvgIpc) is 2.49. The number of rotatable bonds is 4. The minimum atomic E-state index is -4.37. The van der Waals surface area contributed by atoms with Crippen LogP contribution in [0.4, 0.5) is 18.9 Å². The number of nitrogen functional groups attached to an aromatic ring is 1. The molecule has 1 amide bonds. The minimum Gasteiger partial charge on any atom is -0.397 e. The zero-order valence-corrected chi connectivity index (χ0v) is 13.6. The van der Waals surface area contributed by atoms with Gasteiger partial charge in [-0.2, -0.15) is 13.2 Å². The highest BCUT2D eigenvalue weighted by atomic mass is 35.5. The third-order valence-electron chi connectivity index (χ3n) is 3.30. The van der Waals surface area contributed by atoms with Gasteiger partial charge < -0.3 is 11.1 Å². The van der Waals surface area contributed by atoms with Crippen molar-refractivity contribution in [3.63, 3.8) is 0 Å². The third kappa shape index (κ3) is 5.42. The molecule has 2 rings (SSSR count). The molecule has 0 radical (unpaired) electrons. The molecule has 1 atom stereocenters. The van der Waals surface area contributed by atoms with Gasteiger partial charge in [0.15, 0.2) is 0 Å². The van der Waals surface area contributed by atoms with E-state index in [9.17, 15) is 18.0 Å². The van der Waals surface area contributed by atoms with E-state index in [0.717, 1.165) is 12.1 Å². The number of carbonyl (C=O) groups excluding carboxylic acids is 1. The van der Waals surface area contributed by atoms with Gasteiger partial charge in [0.1, 0.15) is 0 Å². The third-order valence-corrected chi connectivity index (χ3v) is 3.30. The topological polar surface area (TPSA) is 68.0 Å². The van der Waals surface area contributed by atoms with Gasteiger partial charge in [0.05, 0.1) is 29.9 Å². The van der Waals surface area contributed by atoms with Gasteiger partial charge >= 0.3 is 6.18 Å². The Labute approximate surface area is 143 Å². The van der Waals surface area contributed by atoms with Gasteiger partial charge in [-0.15, -0.1) is 12.4 Å². The van der Waals surface area contributed by atoms with Gasteiger partial charge in [-0.3, -0.25) is 9.78 Å². The Morgan fingerprint density at radius 2 is 1.83 bits per heavy atom. The molecule has 8 heteroatoms. The van der Waals surface area contributed by atoms with Crippen LogP contribution in [0.15, 0.2) is 42.6 Å². The van der Waals surface area contributed by atoms with Crippen molar-refractivity contribution in [1.29, 1.82) is 0 Å². The molecule has 0 spiro atoms. The van der Waals surface area contributed by atoms with Crippen LogP contribution < -0.4 is 11.1 Å². The lowest BCUT2D eigenvalue weighted by Gasteiger charge is -2.15. The summed E-state index contributed by atoms with van der Waals surface area (Å²) < 4.78 is 37.5. The molecule has 1 aromatic heterocycles. The smallest absolute Gasteiger partial charge is 0.397 e. The maximum absolute atomic E-state index is 12.5. The predicted molar refractivity (Wildman–Crippen MR) is 87.6 cm³/mol. The summed E-state index contributed by atoms with van der Waals surface area (Å²) in [6.07, 6.45) is -2.83. The molecule has 0 aliphatic carbocycles. The number of nitrogens with two attached hydrogens (primary N) is 1. The van der Waals surface area contributed by atoms with E-state index in [4.69, 9.17) is 5.73 Å². The van der Waals surface area contributed by atoms with Crippen molar-refractivity contribution in [3.8, 4) is 0 Å². The highest BCUT2D eigenvalue weighted by Gasteiger charge is 2.30. The fraction of sp³-hybridized carbons (Fsp3) is 0.250. The van der Waals surface area contributed by atoms with Gasteiger partial charge in [0.25, 0.3) is 0 Å². The second kappa shape index (κ2) is 8.01. The van der Waals surface area contributed by atoms with Gasteiger partial charge in [0, 0.05) is 5.69 Å². The predicted octanol–water partition coefficient (Wildman–Crippen LogP) is 3.52. The van der Waals surface area contributed by atoms with E-state index in [2.05, 4.69) is 10.3 Å². The van der Waals surface area contributed by atoms with Gasteiger partial charge in [-0.25, -0.2) is 0 Å². The summed E-state index contributed by atoms with van der Waals surface area (Å²) >= 11 is 0. The molecule has 3 N–H and O–H groups in total. The van der Waals surface area contributed by atoms with Gasteiger partial charge in [0.2, 0.25) is 5.91 Å². The Morgan fingerprint density at radius 1 is 1.21 bits per heavy atom. The summed E-state index contributed by atoms with van der Waals surface area (Å²) in [5, 5.41) is 2.73.